The molecule has 0 aliphatic rings. The van der Waals surface area contributed by atoms with Crippen molar-refractivity contribution in [3.63, 3.8) is 0 Å². The Morgan fingerprint density at radius 1 is 1.27 bits per heavy atom. The molecular weight excluding hydrogens is 282 g/mol. The van der Waals surface area contributed by atoms with Crippen LogP contribution in [-0.4, -0.2) is 32.8 Å². The highest BCUT2D eigenvalue weighted by atomic mass is 16.4. The van der Waals surface area contributed by atoms with Crippen LogP contribution >= 0.6 is 0 Å². The van der Waals surface area contributed by atoms with Crippen LogP contribution in [-0.2, 0) is 11.3 Å². The van der Waals surface area contributed by atoms with Gasteiger partial charge in [-0.2, -0.15) is 5.10 Å². The number of hydrogen-bond donors (Lipinski definition) is 2. The van der Waals surface area contributed by atoms with Crippen molar-refractivity contribution in [3.05, 3.63) is 17.5 Å². The van der Waals surface area contributed by atoms with Crippen LogP contribution in [0.25, 0.3) is 0 Å². The maximum absolute atomic E-state index is 12.3. The van der Waals surface area contributed by atoms with Crippen molar-refractivity contribution in [2.75, 3.05) is 0 Å². The summed E-state index contributed by atoms with van der Waals surface area (Å²) >= 11 is 0. The number of amides is 1. The minimum absolute atomic E-state index is 0.191. The number of aryl methyl sites for hydroxylation is 1. The van der Waals surface area contributed by atoms with Gasteiger partial charge in [-0.1, -0.05) is 27.7 Å². The second-order valence-corrected chi connectivity index (χ2v) is 6.54. The normalized spacial score (nSPS) is 12.7. The molecule has 1 aromatic rings. The van der Waals surface area contributed by atoms with Crippen LogP contribution in [0.5, 0.6) is 0 Å². The highest BCUT2D eigenvalue weighted by Crippen LogP contribution is 2.12. The maximum Gasteiger partial charge on any atom is 0.326 e. The average Bonchev–Trinajstić information content (AvgIpc) is 2.76. The SMILES string of the molecule is Cc1c(C(=O)N[C@H](CC(C)C)C(=O)O)cnn1CCC(C)C. The van der Waals surface area contributed by atoms with Gasteiger partial charge in [0.1, 0.15) is 6.04 Å². The fourth-order valence-corrected chi connectivity index (χ4v) is 2.20. The van der Waals surface area contributed by atoms with Crippen LogP contribution < -0.4 is 5.32 Å². The Kier molecular flexibility index (Phi) is 6.59. The van der Waals surface area contributed by atoms with Gasteiger partial charge in [-0.05, 0) is 31.6 Å². The molecular formula is C16H27N3O3. The number of carboxylic acids is 1. The van der Waals surface area contributed by atoms with Crippen molar-refractivity contribution in [3.8, 4) is 0 Å². The van der Waals surface area contributed by atoms with E-state index in [0.29, 0.717) is 17.9 Å². The molecule has 1 amide bonds. The third-order valence-electron chi connectivity index (χ3n) is 3.58. The Morgan fingerprint density at radius 3 is 2.41 bits per heavy atom. The summed E-state index contributed by atoms with van der Waals surface area (Å²) in [6, 6.07) is -0.870. The Balaban J connectivity index is 2.78. The van der Waals surface area contributed by atoms with Crippen molar-refractivity contribution < 1.29 is 14.7 Å². The van der Waals surface area contributed by atoms with E-state index in [1.165, 1.54) is 6.20 Å². The van der Waals surface area contributed by atoms with Crippen molar-refractivity contribution in [1.29, 1.82) is 0 Å². The number of carboxylic acid groups (broad SMARTS) is 1. The summed E-state index contributed by atoms with van der Waals surface area (Å²) in [6.07, 6.45) is 2.90. The van der Waals surface area contributed by atoms with Gasteiger partial charge in [-0.25, -0.2) is 4.79 Å². The highest BCUT2D eigenvalue weighted by molar-refractivity contribution is 5.97. The van der Waals surface area contributed by atoms with E-state index in [0.717, 1.165) is 18.7 Å². The molecule has 0 fully saturated rings. The van der Waals surface area contributed by atoms with E-state index in [1.807, 2.05) is 20.8 Å². The number of carbonyl (C=O) groups is 2. The first kappa shape index (κ1) is 18.2. The van der Waals surface area contributed by atoms with Gasteiger partial charge in [0.05, 0.1) is 11.8 Å². The number of nitrogens with one attached hydrogen (secondary N) is 1. The lowest BCUT2D eigenvalue weighted by Gasteiger charge is -2.16. The van der Waals surface area contributed by atoms with Gasteiger partial charge in [0, 0.05) is 12.2 Å². The molecule has 0 saturated heterocycles. The van der Waals surface area contributed by atoms with Crippen LogP contribution in [0.2, 0.25) is 0 Å². The zero-order valence-electron chi connectivity index (χ0n) is 14.1. The molecule has 0 spiro atoms. The average molecular weight is 309 g/mol. The number of aromatic nitrogens is 2. The molecule has 0 aliphatic carbocycles. The molecule has 6 heteroatoms. The summed E-state index contributed by atoms with van der Waals surface area (Å²) in [5, 5.41) is 16.0. The number of aliphatic carboxylic acids is 1. The molecule has 1 aromatic heterocycles. The fourth-order valence-electron chi connectivity index (χ4n) is 2.20. The van der Waals surface area contributed by atoms with Gasteiger partial charge in [0.15, 0.2) is 0 Å². The second-order valence-electron chi connectivity index (χ2n) is 6.54. The summed E-state index contributed by atoms with van der Waals surface area (Å²) in [5.74, 6) is -0.632. The first-order valence-corrected chi connectivity index (χ1v) is 7.78. The van der Waals surface area contributed by atoms with E-state index in [-0.39, 0.29) is 11.8 Å². The van der Waals surface area contributed by atoms with Crippen molar-refractivity contribution in [2.45, 2.75) is 60.0 Å². The number of carbonyl (C=O) groups excluding carboxylic acids is 1. The van der Waals surface area contributed by atoms with Crippen LogP contribution in [0, 0.1) is 18.8 Å². The first-order chi connectivity index (χ1) is 10.2. The standard InChI is InChI=1S/C16H27N3O3/c1-10(2)6-7-19-12(5)13(9-17-19)15(20)18-14(16(21)22)8-11(3)4/h9-11,14H,6-8H2,1-5H3,(H,18,20)(H,21,22)/t14-/m1/s1. The van der Waals surface area contributed by atoms with E-state index in [9.17, 15) is 14.7 Å². The van der Waals surface area contributed by atoms with E-state index >= 15 is 0 Å². The smallest absolute Gasteiger partial charge is 0.326 e. The third kappa shape index (κ3) is 5.16. The fraction of sp³-hybridized carbons (Fsp3) is 0.688. The highest BCUT2D eigenvalue weighted by Gasteiger charge is 2.23. The molecule has 0 aromatic carbocycles. The summed E-state index contributed by atoms with van der Waals surface area (Å²) in [5.41, 5.74) is 1.21. The molecule has 0 radical (unpaired) electrons. The Hall–Kier alpha value is -1.85. The molecule has 22 heavy (non-hydrogen) atoms. The van der Waals surface area contributed by atoms with E-state index in [2.05, 4.69) is 24.3 Å². The summed E-state index contributed by atoms with van der Waals surface area (Å²) in [7, 11) is 0. The van der Waals surface area contributed by atoms with Gasteiger partial charge < -0.3 is 10.4 Å². The number of nitrogens with zero attached hydrogens (tertiary/aromatic N) is 2. The van der Waals surface area contributed by atoms with Crippen LogP contribution in [0.1, 0.15) is 56.6 Å². The minimum Gasteiger partial charge on any atom is -0.480 e. The molecule has 0 aliphatic heterocycles. The van der Waals surface area contributed by atoms with Crippen LogP contribution in [0.15, 0.2) is 6.20 Å². The summed E-state index contributed by atoms with van der Waals surface area (Å²) in [6.45, 7) is 10.7. The van der Waals surface area contributed by atoms with E-state index in [4.69, 9.17) is 0 Å². The molecule has 2 N–H and O–H groups in total. The quantitative estimate of drug-likeness (QED) is 0.772. The Labute approximate surface area is 131 Å². The second kappa shape index (κ2) is 7.96. The molecule has 1 atom stereocenters. The van der Waals surface area contributed by atoms with Crippen molar-refractivity contribution in [2.24, 2.45) is 11.8 Å². The van der Waals surface area contributed by atoms with Gasteiger partial charge in [-0.3, -0.25) is 9.48 Å². The summed E-state index contributed by atoms with van der Waals surface area (Å²) in [4.78, 5) is 23.5. The maximum atomic E-state index is 12.3. The minimum atomic E-state index is -1.01. The van der Waals surface area contributed by atoms with Crippen LogP contribution in [0.4, 0.5) is 0 Å². The van der Waals surface area contributed by atoms with E-state index in [1.54, 1.807) is 4.68 Å². The molecule has 0 saturated carbocycles. The van der Waals surface area contributed by atoms with E-state index < -0.39 is 12.0 Å². The monoisotopic (exact) mass is 309 g/mol. The molecule has 0 unspecified atom stereocenters. The zero-order chi connectivity index (χ0) is 16.9. The topological polar surface area (TPSA) is 84.2 Å². The van der Waals surface area contributed by atoms with Gasteiger partial charge in [-0.15, -0.1) is 0 Å². The largest absolute Gasteiger partial charge is 0.480 e. The van der Waals surface area contributed by atoms with Crippen LogP contribution in [0.3, 0.4) is 0 Å². The lowest BCUT2D eigenvalue weighted by atomic mass is 10.0. The summed E-state index contributed by atoms with van der Waals surface area (Å²) < 4.78 is 1.80. The predicted molar refractivity (Wildman–Crippen MR) is 84.8 cm³/mol. The Bertz CT molecular complexity index is 521. The number of hydrogen-bond acceptors (Lipinski definition) is 3. The molecule has 1 rings (SSSR count). The molecule has 0 bridgehead atoms. The van der Waals surface area contributed by atoms with Gasteiger partial charge in [0.25, 0.3) is 5.91 Å². The zero-order valence-corrected chi connectivity index (χ0v) is 14.1. The third-order valence-corrected chi connectivity index (χ3v) is 3.58. The molecule has 1 heterocycles. The lowest BCUT2D eigenvalue weighted by Crippen LogP contribution is -2.41. The lowest BCUT2D eigenvalue weighted by molar-refractivity contribution is -0.139. The van der Waals surface area contributed by atoms with Crippen molar-refractivity contribution in [1.82, 2.24) is 15.1 Å². The van der Waals surface area contributed by atoms with Gasteiger partial charge in [0.2, 0.25) is 0 Å². The van der Waals surface area contributed by atoms with Gasteiger partial charge >= 0.3 is 5.97 Å². The first-order valence-electron chi connectivity index (χ1n) is 7.78. The predicted octanol–water partition coefficient (Wildman–Crippen LogP) is 2.47. The Morgan fingerprint density at radius 2 is 1.91 bits per heavy atom. The molecule has 124 valence electrons. The van der Waals surface area contributed by atoms with Crippen molar-refractivity contribution >= 4 is 11.9 Å². The number of rotatable bonds is 8. The molecule has 6 nitrogen and oxygen atoms in total.